The Balaban J connectivity index is 1.11. The molecule has 0 saturated heterocycles. The Labute approximate surface area is 206 Å². The van der Waals surface area contributed by atoms with Crippen LogP contribution < -0.4 is 0 Å². The molecule has 178 valence electrons. The van der Waals surface area contributed by atoms with Gasteiger partial charge in [0, 0.05) is 0 Å². The van der Waals surface area contributed by atoms with Crippen LogP contribution in [0.5, 0.6) is 0 Å². The lowest BCUT2D eigenvalue weighted by Crippen LogP contribution is -2.59. The van der Waals surface area contributed by atoms with Crippen molar-refractivity contribution >= 4 is 10.8 Å². The van der Waals surface area contributed by atoms with Gasteiger partial charge in [-0.1, -0.05) is 42.5 Å². The van der Waals surface area contributed by atoms with E-state index >= 15 is 0 Å². The summed E-state index contributed by atoms with van der Waals surface area (Å²) >= 11 is 0. The lowest BCUT2D eigenvalue weighted by atomic mass is 9.40. The SMILES string of the molecule is c1ccc2c(C3CC4CCC5C6CCC7CCC8CCC(C9CCC3C4C59)C6C78)cccc2c1. The molecule has 0 nitrogen and oxygen atoms in total. The molecule has 0 N–H and O–H groups in total. The zero-order chi connectivity index (χ0) is 22.0. The van der Waals surface area contributed by atoms with Gasteiger partial charge in [-0.05, 0) is 164 Å². The third-order valence-corrected chi connectivity index (χ3v) is 13.7. The highest BCUT2D eigenvalue weighted by Gasteiger charge is 2.65. The highest BCUT2D eigenvalue weighted by molar-refractivity contribution is 5.86. The molecule has 0 aliphatic heterocycles. The van der Waals surface area contributed by atoms with Gasteiger partial charge in [0.05, 0.1) is 0 Å². The number of rotatable bonds is 1. The van der Waals surface area contributed by atoms with Crippen molar-refractivity contribution in [3.05, 3.63) is 48.0 Å². The first kappa shape index (κ1) is 19.8. The van der Waals surface area contributed by atoms with Gasteiger partial charge in [0.2, 0.25) is 0 Å². The fourth-order valence-electron chi connectivity index (χ4n) is 13.2. The van der Waals surface area contributed by atoms with E-state index in [0.29, 0.717) is 0 Å². The Kier molecular flexibility index (Phi) is 4.16. The van der Waals surface area contributed by atoms with Crippen molar-refractivity contribution in [2.75, 3.05) is 0 Å². The molecular weight excluding hydrogens is 408 g/mol. The zero-order valence-electron chi connectivity index (χ0n) is 20.8. The molecule has 13 atom stereocenters. The minimum atomic E-state index is 0.833. The molecule has 0 heteroatoms. The van der Waals surface area contributed by atoms with E-state index in [4.69, 9.17) is 0 Å². The normalized spacial score (nSPS) is 52.3. The maximum absolute atomic E-state index is 2.52. The van der Waals surface area contributed by atoms with Crippen molar-refractivity contribution in [1.82, 2.24) is 0 Å². The van der Waals surface area contributed by atoms with Crippen LogP contribution in [0.3, 0.4) is 0 Å². The molecule has 7 fully saturated rings. The van der Waals surface area contributed by atoms with Gasteiger partial charge in [0.1, 0.15) is 0 Å². The third kappa shape index (κ3) is 2.47. The first-order chi connectivity index (χ1) is 16.9. The van der Waals surface area contributed by atoms with Crippen LogP contribution >= 0.6 is 0 Å². The monoisotopic (exact) mass is 450 g/mol. The third-order valence-electron chi connectivity index (χ3n) is 13.7. The van der Waals surface area contributed by atoms with Gasteiger partial charge in [0.25, 0.3) is 0 Å². The van der Waals surface area contributed by atoms with Crippen LogP contribution in [0.2, 0.25) is 0 Å². The molecule has 7 saturated carbocycles. The van der Waals surface area contributed by atoms with Crippen LogP contribution in [-0.2, 0) is 0 Å². The molecule has 7 aliphatic carbocycles. The average molecular weight is 451 g/mol. The number of hydrogen-bond acceptors (Lipinski definition) is 0. The van der Waals surface area contributed by atoms with Gasteiger partial charge in [-0.2, -0.15) is 0 Å². The summed E-state index contributed by atoms with van der Waals surface area (Å²) in [5.41, 5.74) is 1.72. The molecule has 2 aromatic rings. The minimum Gasteiger partial charge on any atom is -0.0616 e. The number of benzene rings is 2. The number of hydrogen-bond donors (Lipinski definition) is 0. The van der Waals surface area contributed by atoms with E-state index in [0.717, 1.165) is 71.0 Å². The molecule has 0 heterocycles. The Morgan fingerprint density at radius 2 is 1.00 bits per heavy atom. The predicted molar refractivity (Wildman–Crippen MR) is 139 cm³/mol. The molecule has 0 spiro atoms. The van der Waals surface area contributed by atoms with E-state index in [1.54, 1.807) is 75.2 Å². The van der Waals surface area contributed by atoms with Crippen molar-refractivity contribution in [2.45, 2.75) is 76.5 Å². The van der Waals surface area contributed by atoms with Crippen molar-refractivity contribution < 1.29 is 0 Å². The highest BCUT2D eigenvalue weighted by atomic mass is 14.7. The van der Waals surface area contributed by atoms with Crippen LogP contribution in [0, 0.1) is 71.0 Å². The molecule has 0 radical (unpaired) electrons. The lowest BCUT2D eigenvalue weighted by molar-refractivity contribution is -0.167. The van der Waals surface area contributed by atoms with Crippen molar-refractivity contribution in [3.8, 4) is 0 Å². The maximum Gasteiger partial charge on any atom is -0.0122 e. The molecule has 7 aliphatic rings. The summed E-state index contributed by atoms with van der Waals surface area (Å²) in [5.74, 6) is 14.1. The fourth-order valence-corrected chi connectivity index (χ4v) is 13.2. The molecule has 0 aromatic heterocycles. The lowest BCUT2D eigenvalue weighted by Gasteiger charge is -2.65. The average Bonchev–Trinajstić information content (AvgIpc) is 3.49. The Hall–Kier alpha value is -1.30. The summed E-state index contributed by atoms with van der Waals surface area (Å²) in [6.45, 7) is 0. The smallest absolute Gasteiger partial charge is 0.0122 e. The van der Waals surface area contributed by atoms with Gasteiger partial charge < -0.3 is 0 Å². The van der Waals surface area contributed by atoms with E-state index in [9.17, 15) is 0 Å². The Morgan fingerprint density at radius 3 is 1.76 bits per heavy atom. The van der Waals surface area contributed by atoms with Crippen LogP contribution in [0.4, 0.5) is 0 Å². The molecular formula is C34H42. The summed E-state index contributed by atoms with van der Waals surface area (Å²) < 4.78 is 0. The van der Waals surface area contributed by atoms with E-state index in [1.165, 1.54) is 17.7 Å². The first-order valence-electron chi connectivity index (χ1n) is 15.3. The zero-order valence-corrected chi connectivity index (χ0v) is 20.8. The molecule has 0 bridgehead atoms. The van der Waals surface area contributed by atoms with Gasteiger partial charge >= 0.3 is 0 Å². The maximum atomic E-state index is 2.52. The van der Waals surface area contributed by atoms with Crippen molar-refractivity contribution in [1.29, 1.82) is 0 Å². The molecule has 2 aromatic carbocycles. The molecule has 34 heavy (non-hydrogen) atoms. The van der Waals surface area contributed by atoms with Crippen molar-refractivity contribution in [2.24, 2.45) is 71.0 Å². The van der Waals surface area contributed by atoms with E-state index in [-0.39, 0.29) is 0 Å². The summed E-state index contributed by atoms with van der Waals surface area (Å²) in [4.78, 5) is 0. The van der Waals surface area contributed by atoms with Gasteiger partial charge in [0.15, 0.2) is 0 Å². The van der Waals surface area contributed by atoms with Gasteiger partial charge in [-0.3, -0.25) is 0 Å². The summed E-state index contributed by atoms with van der Waals surface area (Å²) in [6, 6.07) is 16.5. The Bertz CT molecular complexity index is 1080. The quantitative estimate of drug-likeness (QED) is 0.407. The summed E-state index contributed by atoms with van der Waals surface area (Å²) in [7, 11) is 0. The second-order valence-electron chi connectivity index (χ2n) is 14.2. The van der Waals surface area contributed by atoms with E-state index < -0.39 is 0 Å². The standard InChI is InChI=1S/C34H42/c1-2-6-23-19(4-1)5-3-7-24(23)30-18-22-12-15-27-25-13-10-20-8-9-21-11-14-26(33(25)31(20)21)28-16-17-29(30)32(22)34(27)28/h1-7,20-22,25-34H,8-18H2. The number of fused-ring (bicyclic) bond motifs is 3. The summed E-state index contributed by atoms with van der Waals surface area (Å²) in [5, 5.41) is 3.03. The first-order valence-corrected chi connectivity index (χ1v) is 15.3. The molecule has 0 amide bonds. The molecule has 9 rings (SSSR count). The fraction of sp³-hybridized carbons (Fsp3) is 0.706. The van der Waals surface area contributed by atoms with Crippen LogP contribution in [0.25, 0.3) is 10.8 Å². The largest absolute Gasteiger partial charge is 0.0616 e. The van der Waals surface area contributed by atoms with E-state index in [2.05, 4.69) is 42.5 Å². The van der Waals surface area contributed by atoms with E-state index in [1.807, 2.05) is 0 Å². The highest BCUT2D eigenvalue weighted by Crippen LogP contribution is 2.72. The van der Waals surface area contributed by atoms with Gasteiger partial charge in [-0.25, -0.2) is 0 Å². The second-order valence-corrected chi connectivity index (χ2v) is 14.2. The second kappa shape index (κ2) is 7.14. The minimum absolute atomic E-state index is 0.833. The van der Waals surface area contributed by atoms with Crippen LogP contribution in [-0.4, -0.2) is 0 Å². The van der Waals surface area contributed by atoms with Crippen LogP contribution in [0.1, 0.15) is 82.1 Å². The topological polar surface area (TPSA) is 0 Å². The Morgan fingerprint density at radius 1 is 0.441 bits per heavy atom. The predicted octanol–water partition coefficient (Wildman–Crippen LogP) is 8.70. The van der Waals surface area contributed by atoms with Crippen molar-refractivity contribution in [3.63, 3.8) is 0 Å². The summed E-state index contributed by atoms with van der Waals surface area (Å²) in [6.07, 6.45) is 17.5. The van der Waals surface area contributed by atoms with Gasteiger partial charge in [-0.15, -0.1) is 0 Å². The molecule has 13 unspecified atom stereocenters. The van der Waals surface area contributed by atoms with Crippen LogP contribution in [0.15, 0.2) is 42.5 Å².